The van der Waals surface area contributed by atoms with Gasteiger partial charge >= 0.3 is 0 Å². The predicted octanol–water partition coefficient (Wildman–Crippen LogP) is 1.97. The first-order chi connectivity index (χ1) is 3.00. The predicted molar refractivity (Wildman–Crippen MR) is 27.1 cm³/mol. The van der Waals surface area contributed by atoms with Crippen molar-refractivity contribution in [1.82, 2.24) is 0 Å². The van der Waals surface area contributed by atoms with Crippen LogP contribution in [0.4, 0.5) is 0 Å². The average Bonchev–Trinajstić information content (AvgIpc) is 1.72. The molecule has 0 aromatic carbocycles. The zero-order chi connectivity index (χ0) is 4.24. The lowest BCUT2D eigenvalue weighted by Gasteiger charge is -2.05. The van der Waals surface area contributed by atoms with Crippen molar-refractivity contribution < 1.29 is 0 Å². The first-order valence-electron chi connectivity index (χ1n) is 2.63. The van der Waals surface area contributed by atoms with Gasteiger partial charge in [-0.25, -0.2) is 0 Å². The Labute approximate surface area is 39.6 Å². The number of rotatable bonds is 0. The third-order valence-electron chi connectivity index (χ3n) is 1.15. The fraction of sp³-hybridized carbons (Fsp3) is 0.667. The Morgan fingerprint density at radius 2 is 1.67 bits per heavy atom. The second kappa shape index (κ2) is 2.22. The molecule has 1 saturated carbocycles. The van der Waals surface area contributed by atoms with Crippen LogP contribution in [0, 0.1) is 12.8 Å². The summed E-state index contributed by atoms with van der Waals surface area (Å²) >= 11 is 0. The SMILES string of the molecule is [CH]1C[CH]CCC1. The monoisotopic (exact) mass is 82.1 g/mol. The van der Waals surface area contributed by atoms with E-state index in [1.54, 1.807) is 0 Å². The molecule has 0 aliphatic heterocycles. The molecule has 0 aromatic heterocycles. The molecular formula is C6H10. The minimum atomic E-state index is 1.25. The Morgan fingerprint density at radius 3 is 1.83 bits per heavy atom. The van der Waals surface area contributed by atoms with E-state index in [0.717, 1.165) is 0 Å². The van der Waals surface area contributed by atoms with Crippen molar-refractivity contribution in [3.63, 3.8) is 0 Å². The summed E-state index contributed by atoms with van der Waals surface area (Å²) in [4.78, 5) is 0. The normalized spacial score (nSPS) is 24.0. The summed E-state index contributed by atoms with van der Waals surface area (Å²) in [6.45, 7) is 0. The molecule has 1 aliphatic carbocycles. The minimum Gasteiger partial charge on any atom is -0.0528 e. The second-order valence-electron chi connectivity index (χ2n) is 1.74. The van der Waals surface area contributed by atoms with Gasteiger partial charge in [0, 0.05) is 0 Å². The van der Waals surface area contributed by atoms with Crippen molar-refractivity contribution >= 4 is 0 Å². The minimum absolute atomic E-state index is 1.25. The van der Waals surface area contributed by atoms with Gasteiger partial charge in [-0.2, -0.15) is 0 Å². The summed E-state index contributed by atoms with van der Waals surface area (Å²) in [6.07, 6.45) is 10.0. The third kappa shape index (κ3) is 1.00. The van der Waals surface area contributed by atoms with Crippen LogP contribution in [0.3, 0.4) is 0 Å². The largest absolute Gasteiger partial charge is 0.0528 e. The summed E-state index contributed by atoms with van der Waals surface area (Å²) in [5.74, 6) is 0. The number of hydrogen-bond donors (Lipinski definition) is 0. The van der Waals surface area contributed by atoms with E-state index in [-0.39, 0.29) is 0 Å². The Balaban J connectivity index is 2.00. The maximum atomic E-state index is 2.34. The maximum Gasteiger partial charge on any atom is -0.0383 e. The molecule has 0 nitrogen and oxygen atoms in total. The number of hydrogen-bond acceptors (Lipinski definition) is 0. The van der Waals surface area contributed by atoms with Gasteiger partial charge in [0.15, 0.2) is 0 Å². The van der Waals surface area contributed by atoms with Crippen LogP contribution in [0.1, 0.15) is 25.7 Å². The fourth-order valence-electron chi connectivity index (χ4n) is 0.760. The molecule has 0 amide bonds. The van der Waals surface area contributed by atoms with Gasteiger partial charge in [0.05, 0.1) is 0 Å². The van der Waals surface area contributed by atoms with Crippen molar-refractivity contribution in [2.75, 3.05) is 0 Å². The fourth-order valence-corrected chi connectivity index (χ4v) is 0.760. The standard InChI is InChI=1S/C6H10/c1-2-4-6-5-3-1/h1,4H,2-3,5-6H2. The highest BCUT2D eigenvalue weighted by Gasteiger charge is 1.96. The highest BCUT2D eigenvalue weighted by atomic mass is 14.0. The third-order valence-corrected chi connectivity index (χ3v) is 1.15. The molecule has 0 spiro atoms. The van der Waals surface area contributed by atoms with Crippen LogP contribution >= 0.6 is 0 Å². The highest BCUT2D eigenvalue weighted by molar-refractivity contribution is 4.81. The van der Waals surface area contributed by atoms with E-state index >= 15 is 0 Å². The molecule has 6 heavy (non-hydrogen) atoms. The lowest BCUT2D eigenvalue weighted by Crippen LogP contribution is -1.88. The smallest absolute Gasteiger partial charge is 0.0383 e. The van der Waals surface area contributed by atoms with Crippen molar-refractivity contribution in [1.29, 1.82) is 0 Å². The first kappa shape index (κ1) is 4.17. The van der Waals surface area contributed by atoms with Gasteiger partial charge in [-0.05, 0) is 19.3 Å². The Kier molecular flexibility index (Phi) is 1.54. The van der Waals surface area contributed by atoms with Crippen LogP contribution in [0.15, 0.2) is 0 Å². The van der Waals surface area contributed by atoms with E-state index in [0.29, 0.717) is 0 Å². The molecule has 0 bridgehead atoms. The molecule has 0 atom stereocenters. The Bertz CT molecular complexity index is 15.5. The van der Waals surface area contributed by atoms with E-state index in [2.05, 4.69) is 12.8 Å². The maximum absolute atomic E-state index is 2.34. The van der Waals surface area contributed by atoms with Gasteiger partial charge in [0.1, 0.15) is 0 Å². The molecular weight excluding hydrogens is 72.1 g/mol. The van der Waals surface area contributed by atoms with E-state index < -0.39 is 0 Å². The zero-order valence-electron chi connectivity index (χ0n) is 3.98. The molecule has 0 heteroatoms. The lowest BCUT2D eigenvalue weighted by atomic mass is 10.0. The molecule has 0 heterocycles. The van der Waals surface area contributed by atoms with Crippen LogP contribution in [-0.4, -0.2) is 0 Å². The highest BCUT2D eigenvalue weighted by Crippen LogP contribution is 2.13. The van der Waals surface area contributed by atoms with Crippen LogP contribution in [0.25, 0.3) is 0 Å². The zero-order valence-corrected chi connectivity index (χ0v) is 3.98. The van der Waals surface area contributed by atoms with Crippen LogP contribution in [0.5, 0.6) is 0 Å². The van der Waals surface area contributed by atoms with E-state index in [1.807, 2.05) is 0 Å². The average molecular weight is 82.1 g/mol. The van der Waals surface area contributed by atoms with Crippen LogP contribution in [-0.2, 0) is 0 Å². The van der Waals surface area contributed by atoms with Crippen molar-refractivity contribution in [3.8, 4) is 0 Å². The molecule has 1 fully saturated rings. The first-order valence-corrected chi connectivity index (χ1v) is 2.63. The van der Waals surface area contributed by atoms with Crippen molar-refractivity contribution in [2.24, 2.45) is 0 Å². The summed E-state index contributed by atoms with van der Waals surface area (Å²) in [7, 11) is 0. The van der Waals surface area contributed by atoms with Gasteiger partial charge in [0.2, 0.25) is 0 Å². The topological polar surface area (TPSA) is 0 Å². The van der Waals surface area contributed by atoms with Gasteiger partial charge < -0.3 is 0 Å². The van der Waals surface area contributed by atoms with E-state index in [9.17, 15) is 0 Å². The van der Waals surface area contributed by atoms with Gasteiger partial charge in [0.25, 0.3) is 0 Å². The van der Waals surface area contributed by atoms with E-state index in [1.165, 1.54) is 25.7 Å². The van der Waals surface area contributed by atoms with Crippen molar-refractivity contribution in [3.05, 3.63) is 12.8 Å². The van der Waals surface area contributed by atoms with E-state index in [4.69, 9.17) is 0 Å². The quantitative estimate of drug-likeness (QED) is 0.419. The molecule has 1 rings (SSSR count). The Hall–Kier alpha value is 0. The van der Waals surface area contributed by atoms with Gasteiger partial charge in [-0.3, -0.25) is 0 Å². The van der Waals surface area contributed by atoms with Gasteiger partial charge in [-0.15, -0.1) is 0 Å². The summed E-state index contributed by atoms with van der Waals surface area (Å²) < 4.78 is 0. The molecule has 1 aliphatic rings. The molecule has 2 radical (unpaired) electrons. The second-order valence-corrected chi connectivity index (χ2v) is 1.74. The molecule has 0 unspecified atom stereocenters. The lowest BCUT2D eigenvalue weighted by molar-refractivity contribution is 0.699. The molecule has 34 valence electrons. The summed E-state index contributed by atoms with van der Waals surface area (Å²) in [5, 5.41) is 0. The Morgan fingerprint density at radius 1 is 1.00 bits per heavy atom. The van der Waals surface area contributed by atoms with Crippen LogP contribution in [0.2, 0.25) is 0 Å². The molecule has 0 aromatic rings. The van der Waals surface area contributed by atoms with Gasteiger partial charge in [-0.1, -0.05) is 19.3 Å². The summed E-state index contributed by atoms with van der Waals surface area (Å²) in [6, 6.07) is 0. The van der Waals surface area contributed by atoms with Crippen molar-refractivity contribution in [2.45, 2.75) is 25.7 Å². The summed E-state index contributed by atoms with van der Waals surface area (Å²) in [5.41, 5.74) is 0. The van der Waals surface area contributed by atoms with Crippen LogP contribution < -0.4 is 0 Å². The molecule has 0 N–H and O–H groups in total. The molecule has 0 saturated heterocycles.